The van der Waals surface area contributed by atoms with Gasteiger partial charge in [0.15, 0.2) is 0 Å². The van der Waals surface area contributed by atoms with Crippen LogP contribution in [0.2, 0.25) is 0 Å². The summed E-state index contributed by atoms with van der Waals surface area (Å²) >= 11 is 0. The highest BCUT2D eigenvalue weighted by Gasteiger charge is 2.35. The lowest BCUT2D eigenvalue weighted by Gasteiger charge is -2.24. The van der Waals surface area contributed by atoms with E-state index in [-0.39, 0.29) is 17.7 Å². The molecule has 0 aromatic heterocycles. The average Bonchev–Trinajstić information content (AvgIpc) is 3.03. The Labute approximate surface area is 131 Å². The number of likely N-dealkylation sites (N-methyl/N-ethyl adjacent to an activating group) is 1. The van der Waals surface area contributed by atoms with Gasteiger partial charge in [0.05, 0.1) is 12.8 Å². The molecule has 1 amide bonds. The molecule has 6 nitrogen and oxygen atoms in total. The summed E-state index contributed by atoms with van der Waals surface area (Å²) in [4.78, 5) is 29.9. The summed E-state index contributed by atoms with van der Waals surface area (Å²) in [6.07, 6.45) is -1.01. The number of halogens is 2. The van der Waals surface area contributed by atoms with E-state index in [4.69, 9.17) is 4.84 Å². The van der Waals surface area contributed by atoms with Gasteiger partial charge >= 0.3 is 5.97 Å². The first kappa shape index (κ1) is 16.9. The maximum absolute atomic E-state index is 13.7. The second kappa shape index (κ2) is 6.72. The van der Waals surface area contributed by atoms with Crippen molar-refractivity contribution in [3.63, 3.8) is 0 Å². The van der Waals surface area contributed by atoms with Crippen molar-refractivity contribution in [3.05, 3.63) is 35.4 Å². The number of carbonyl (C=O) groups excluding carboxylic acids is 2. The summed E-state index contributed by atoms with van der Waals surface area (Å²) in [6.45, 7) is 1.51. The maximum atomic E-state index is 13.7. The molecule has 2 rings (SSSR count). The van der Waals surface area contributed by atoms with Gasteiger partial charge < -0.3 is 14.5 Å². The molecule has 0 spiro atoms. The number of methoxy groups -OCH3 is 1. The van der Waals surface area contributed by atoms with E-state index in [0.29, 0.717) is 0 Å². The molecular formula is C15H16F2N2O4. The third kappa shape index (κ3) is 3.46. The summed E-state index contributed by atoms with van der Waals surface area (Å²) in [5.41, 5.74) is 0.0865. The lowest BCUT2D eigenvalue weighted by molar-refractivity contribution is -0.154. The number of oxime groups is 1. The molecule has 0 saturated heterocycles. The molecule has 1 aliphatic heterocycles. The van der Waals surface area contributed by atoms with Gasteiger partial charge in [0, 0.05) is 19.0 Å². The van der Waals surface area contributed by atoms with E-state index in [0.717, 1.165) is 23.1 Å². The van der Waals surface area contributed by atoms with Crippen molar-refractivity contribution >= 4 is 17.6 Å². The highest BCUT2D eigenvalue weighted by Crippen LogP contribution is 2.21. The fourth-order valence-corrected chi connectivity index (χ4v) is 2.13. The second-order valence-corrected chi connectivity index (χ2v) is 5.11. The molecule has 0 aliphatic carbocycles. The molecule has 0 saturated carbocycles. The van der Waals surface area contributed by atoms with Crippen LogP contribution in [0.5, 0.6) is 0 Å². The van der Waals surface area contributed by atoms with Crippen LogP contribution in [0.25, 0.3) is 0 Å². The molecule has 1 aromatic carbocycles. The van der Waals surface area contributed by atoms with Crippen LogP contribution >= 0.6 is 0 Å². The maximum Gasteiger partial charge on any atom is 0.328 e. The Morgan fingerprint density at radius 3 is 2.78 bits per heavy atom. The zero-order chi connectivity index (χ0) is 17.1. The monoisotopic (exact) mass is 326 g/mol. The third-order valence-corrected chi connectivity index (χ3v) is 3.65. The highest BCUT2D eigenvalue weighted by atomic mass is 19.1. The summed E-state index contributed by atoms with van der Waals surface area (Å²) in [6, 6.07) is 2.16. The highest BCUT2D eigenvalue weighted by molar-refractivity contribution is 6.04. The molecule has 0 fully saturated rings. The molecule has 8 heteroatoms. The molecule has 1 aliphatic rings. The SMILES string of the molecule is COC(=O)C(C)N(C)C(=O)C1CC(c2cc(F)ccc2F)=NO1. The Morgan fingerprint density at radius 2 is 2.13 bits per heavy atom. The largest absolute Gasteiger partial charge is 0.467 e. The Bertz CT molecular complexity index is 663. The van der Waals surface area contributed by atoms with E-state index < -0.39 is 35.7 Å². The molecule has 0 N–H and O–H groups in total. The van der Waals surface area contributed by atoms with Crippen LogP contribution in [0.4, 0.5) is 8.78 Å². The number of hydrogen-bond acceptors (Lipinski definition) is 5. The number of benzene rings is 1. The van der Waals surface area contributed by atoms with Crippen LogP contribution in [0.15, 0.2) is 23.4 Å². The fraction of sp³-hybridized carbons (Fsp3) is 0.400. The van der Waals surface area contributed by atoms with Crippen LogP contribution in [0.3, 0.4) is 0 Å². The zero-order valence-electron chi connectivity index (χ0n) is 12.9. The quantitative estimate of drug-likeness (QED) is 0.786. The average molecular weight is 326 g/mol. The standard InChI is InChI=1S/C15H16F2N2O4/c1-8(15(21)22-3)19(2)14(20)13-7-12(18-23-13)10-6-9(16)4-5-11(10)17/h4-6,8,13H,7H2,1-3H3. The van der Waals surface area contributed by atoms with Gasteiger partial charge in [0.2, 0.25) is 6.10 Å². The van der Waals surface area contributed by atoms with Crippen molar-refractivity contribution < 1.29 is 27.9 Å². The summed E-state index contributed by atoms with van der Waals surface area (Å²) < 4.78 is 31.5. The van der Waals surface area contributed by atoms with Crippen LogP contribution in [0, 0.1) is 11.6 Å². The molecule has 0 radical (unpaired) electrons. The lowest BCUT2D eigenvalue weighted by atomic mass is 10.0. The number of nitrogens with zero attached hydrogens (tertiary/aromatic N) is 2. The van der Waals surface area contributed by atoms with Crippen molar-refractivity contribution in [3.8, 4) is 0 Å². The Kier molecular flexibility index (Phi) is 4.92. The van der Waals surface area contributed by atoms with Gasteiger partial charge in [-0.1, -0.05) is 5.16 Å². The van der Waals surface area contributed by atoms with Crippen molar-refractivity contribution in [1.82, 2.24) is 4.90 Å². The van der Waals surface area contributed by atoms with Gasteiger partial charge in [-0.05, 0) is 25.1 Å². The Morgan fingerprint density at radius 1 is 1.43 bits per heavy atom. The van der Waals surface area contributed by atoms with E-state index in [1.165, 1.54) is 21.1 Å². The van der Waals surface area contributed by atoms with Gasteiger partial charge in [0.1, 0.15) is 17.7 Å². The van der Waals surface area contributed by atoms with Crippen molar-refractivity contribution in [1.29, 1.82) is 0 Å². The minimum absolute atomic E-state index is 0.0164. The number of rotatable bonds is 4. The van der Waals surface area contributed by atoms with Crippen LogP contribution in [-0.4, -0.2) is 48.8 Å². The van der Waals surface area contributed by atoms with Crippen LogP contribution < -0.4 is 0 Å². The molecule has 0 bridgehead atoms. The predicted octanol–water partition coefficient (Wildman–Crippen LogP) is 1.48. The Balaban J connectivity index is 2.08. The first-order valence-electron chi connectivity index (χ1n) is 6.87. The Hall–Kier alpha value is -2.51. The second-order valence-electron chi connectivity index (χ2n) is 5.11. The smallest absolute Gasteiger partial charge is 0.328 e. The van der Waals surface area contributed by atoms with Gasteiger partial charge in [-0.3, -0.25) is 4.79 Å². The van der Waals surface area contributed by atoms with E-state index >= 15 is 0 Å². The normalized spacial score (nSPS) is 18.0. The van der Waals surface area contributed by atoms with Crippen LogP contribution in [-0.2, 0) is 19.2 Å². The van der Waals surface area contributed by atoms with E-state index in [1.807, 2.05) is 0 Å². The van der Waals surface area contributed by atoms with E-state index in [1.54, 1.807) is 0 Å². The fourth-order valence-electron chi connectivity index (χ4n) is 2.13. The first-order chi connectivity index (χ1) is 10.8. The van der Waals surface area contributed by atoms with Crippen LogP contribution in [0.1, 0.15) is 18.9 Å². The van der Waals surface area contributed by atoms with Crippen molar-refractivity contribution in [2.45, 2.75) is 25.5 Å². The molecule has 2 atom stereocenters. The molecular weight excluding hydrogens is 310 g/mol. The summed E-state index contributed by atoms with van der Waals surface area (Å²) in [5.74, 6) is -2.34. The minimum Gasteiger partial charge on any atom is -0.467 e. The van der Waals surface area contributed by atoms with Gasteiger partial charge in [-0.2, -0.15) is 0 Å². The summed E-state index contributed by atoms with van der Waals surface area (Å²) in [5, 5.41) is 3.66. The van der Waals surface area contributed by atoms with Gasteiger partial charge in [-0.15, -0.1) is 0 Å². The van der Waals surface area contributed by atoms with Gasteiger partial charge in [0.25, 0.3) is 5.91 Å². The first-order valence-corrected chi connectivity index (χ1v) is 6.87. The number of amides is 1. The van der Waals surface area contributed by atoms with Crippen molar-refractivity contribution in [2.24, 2.45) is 5.16 Å². The number of esters is 1. The van der Waals surface area contributed by atoms with Gasteiger partial charge in [-0.25, -0.2) is 13.6 Å². The number of ether oxygens (including phenoxy) is 1. The van der Waals surface area contributed by atoms with E-state index in [2.05, 4.69) is 9.89 Å². The third-order valence-electron chi connectivity index (χ3n) is 3.65. The molecule has 1 aromatic rings. The van der Waals surface area contributed by atoms with Crippen molar-refractivity contribution in [2.75, 3.05) is 14.2 Å². The number of hydrogen-bond donors (Lipinski definition) is 0. The topological polar surface area (TPSA) is 68.2 Å². The van der Waals surface area contributed by atoms with E-state index in [9.17, 15) is 18.4 Å². The number of carbonyl (C=O) groups is 2. The molecule has 124 valence electrons. The minimum atomic E-state index is -0.996. The lowest BCUT2D eigenvalue weighted by Crippen LogP contribution is -2.45. The zero-order valence-corrected chi connectivity index (χ0v) is 12.9. The summed E-state index contributed by atoms with van der Waals surface area (Å²) in [7, 11) is 2.64. The molecule has 23 heavy (non-hydrogen) atoms. The molecule has 2 unspecified atom stereocenters. The predicted molar refractivity (Wildman–Crippen MR) is 76.6 cm³/mol. The molecule has 1 heterocycles.